The number of anilines is 2. The molecule has 0 N–H and O–H groups in total. The average molecular weight is 431 g/mol. The minimum Gasteiger partial charge on any atom is -0.497 e. The average Bonchev–Trinajstić information content (AvgIpc) is 2.82. The van der Waals surface area contributed by atoms with Crippen LogP contribution in [0, 0.1) is 13.8 Å². The number of carbonyl (C=O) groups is 2. The summed E-state index contributed by atoms with van der Waals surface area (Å²) in [6, 6.07) is 19.6. The molecular formula is C26H26N2O4. The van der Waals surface area contributed by atoms with Crippen molar-refractivity contribution in [3.8, 4) is 11.5 Å². The summed E-state index contributed by atoms with van der Waals surface area (Å²) in [7, 11) is 3.10. The molecular weight excluding hydrogens is 404 g/mol. The molecule has 0 spiro atoms. The first-order valence-electron chi connectivity index (χ1n) is 10.4. The van der Waals surface area contributed by atoms with Crippen molar-refractivity contribution in [2.45, 2.75) is 19.9 Å². The first-order chi connectivity index (χ1) is 15.4. The number of aryl methyl sites for hydroxylation is 2. The summed E-state index contributed by atoms with van der Waals surface area (Å²) in [6.45, 7) is 3.94. The van der Waals surface area contributed by atoms with Gasteiger partial charge in [-0.25, -0.2) is 0 Å². The number of piperazine rings is 1. The van der Waals surface area contributed by atoms with E-state index in [9.17, 15) is 9.59 Å². The van der Waals surface area contributed by atoms with Crippen LogP contribution >= 0.6 is 0 Å². The number of carbonyl (C=O) groups excluding carboxylic acids is 2. The fourth-order valence-corrected chi connectivity index (χ4v) is 4.00. The maximum atomic E-state index is 13.9. The van der Waals surface area contributed by atoms with E-state index in [2.05, 4.69) is 0 Å². The summed E-state index contributed by atoms with van der Waals surface area (Å²) in [5.41, 5.74) is 4.19. The number of hydrogen-bond donors (Lipinski definition) is 0. The number of benzene rings is 3. The first kappa shape index (κ1) is 21.4. The van der Waals surface area contributed by atoms with Gasteiger partial charge in [0.25, 0.3) is 5.91 Å². The third-order valence-electron chi connectivity index (χ3n) is 5.88. The fraction of sp³-hybridized carbons (Fsp3) is 0.231. The first-order valence-corrected chi connectivity index (χ1v) is 10.4. The highest BCUT2D eigenvalue weighted by Crippen LogP contribution is 2.39. The van der Waals surface area contributed by atoms with Gasteiger partial charge in [-0.3, -0.25) is 19.4 Å². The van der Waals surface area contributed by atoms with Gasteiger partial charge in [0.05, 0.1) is 19.9 Å². The second-order valence-electron chi connectivity index (χ2n) is 7.81. The van der Waals surface area contributed by atoms with Gasteiger partial charge in [0.1, 0.15) is 24.1 Å². The number of amides is 2. The molecule has 3 aromatic rings. The zero-order valence-electron chi connectivity index (χ0n) is 18.7. The molecule has 1 saturated heterocycles. The van der Waals surface area contributed by atoms with Crippen LogP contribution in [0.2, 0.25) is 0 Å². The zero-order valence-corrected chi connectivity index (χ0v) is 18.7. The van der Waals surface area contributed by atoms with Gasteiger partial charge in [0.2, 0.25) is 5.91 Å². The van der Waals surface area contributed by atoms with Crippen LogP contribution < -0.4 is 19.3 Å². The summed E-state index contributed by atoms with van der Waals surface area (Å²) < 4.78 is 10.8. The van der Waals surface area contributed by atoms with Crippen LogP contribution in [0.3, 0.4) is 0 Å². The molecule has 1 atom stereocenters. The van der Waals surface area contributed by atoms with E-state index in [1.54, 1.807) is 30.2 Å². The molecule has 0 bridgehead atoms. The van der Waals surface area contributed by atoms with Gasteiger partial charge >= 0.3 is 0 Å². The Hall–Kier alpha value is -3.80. The predicted octanol–water partition coefficient (Wildman–Crippen LogP) is 4.44. The molecule has 6 heteroatoms. The lowest BCUT2D eigenvalue weighted by Crippen LogP contribution is -2.56. The molecule has 0 aliphatic carbocycles. The Labute approximate surface area is 188 Å². The van der Waals surface area contributed by atoms with Gasteiger partial charge in [-0.2, -0.15) is 0 Å². The molecule has 32 heavy (non-hydrogen) atoms. The van der Waals surface area contributed by atoms with Crippen LogP contribution in [0.5, 0.6) is 11.5 Å². The lowest BCUT2D eigenvalue weighted by molar-refractivity contribution is -0.128. The Kier molecular flexibility index (Phi) is 5.86. The lowest BCUT2D eigenvalue weighted by Gasteiger charge is -2.41. The van der Waals surface area contributed by atoms with Crippen molar-refractivity contribution < 1.29 is 19.1 Å². The summed E-state index contributed by atoms with van der Waals surface area (Å²) in [5, 5.41) is 0. The predicted molar refractivity (Wildman–Crippen MR) is 124 cm³/mol. The Morgan fingerprint density at radius 1 is 0.844 bits per heavy atom. The topological polar surface area (TPSA) is 59.1 Å². The van der Waals surface area contributed by atoms with Crippen LogP contribution in [0.25, 0.3) is 0 Å². The molecule has 1 heterocycles. The number of hydrogen-bond acceptors (Lipinski definition) is 4. The highest BCUT2D eigenvalue weighted by atomic mass is 16.5. The zero-order chi connectivity index (χ0) is 22.8. The second-order valence-corrected chi connectivity index (χ2v) is 7.81. The van der Waals surface area contributed by atoms with E-state index < -0.39 is 6.04 Å². The van der Waals surface area contributed by atoms with Crippen molar-refractivity contribution in [3.05, 3.63) is 83.4 Å². The number of rotatable bonds is 5. The molecule has 0 aromatic heterocycles. The van der Waals surface area contributed by atoms with Crippen LogP contribution in [0.15, 0.2) is 66.7 Å². The smallest absolute Gasteiger partial charge is 0.255 e. The third kappa shape index (κ3) is 3.80. The van der Waals surface area contributed by atoms with Crippen molar-refractivity contribution >= 4 is 23.2 Å². The number of ether oxygens (including phenoxy) is 2. The van der Waals surface area contributed by atoms with Crippen LogP contribution in [-0.4, -0.2) is 32.6 Å². The highest BCUT2D eigenvalue weighted by molar-refractivity contribution is 6.15. The standard InChI is InChI=1S/C26H26N2O4/c1-17-10-11-20(14-18(17)2)28-24(29)16-27(22-13-12-21(31-3)15-23(22)32-4)26(30)25(28)19-8-6-5-7-9-19/h5-15,25H,16H2,1-4H3. The Morgan fingerprint density at radius 2 is 1.59 bits per heavy atom. The Balaban J connectivity index is 1.83. The largest absolute Gasteiger partial charge is 0.497 e. The van der Waals surface area contributed by atoms with E-state index in [0.29, 0.717) is 22.9 Å². The van der Waals surface area contributed by atoms with Gasteiger partial charge in [-0.05, 0) is 54.8 Å². The van der Waals surface area contributed by atoms with E-state index in [1.165, 1.54) is 12.0 Å². The molecule has 1 fully saturated rings. The summed E-state index contributed by atoms with van der Waals surface area (Å²) in [5.74, 6) is 0.715. The van der Waals surface area contributed by atoms with Crippen molar-refractivity contribution in [2.24, 2.45) is 0 Å². The molecule has 1 unspecified atom stereocenters. The van der Waals surface area contributed by atoms with E-state index in [-0.39, 0.29) is 18.4 Å². The number of nitrogens with zero attached hydrogens (tertiary/aromatic N) is 2. The molecule has 164 valence electrons. The fourth-order valence-electron chi connectivity index (χ4n) is 4.00. The normalized spacial score (nSPS) is 16.3. The van der Waals surface area contributed by atoms with Crippen molar-refractivity contribution in [1.29, 1.82) is 0 Å². The molecule has 4 rings (SSSR count). The van der Waals surface area contributed by atoms with Crippen LogP contribution in [0.1, 0.15) is 22.7 Å². The summed E-state index contributed by atoms with van der Waals surface area (Å²) in [6.07, 6.45) is 0. The molecule has 1 aliphatic rings. The molecule has 1 aliphatic heterocycles. The Bertz CT molecular complexity index is 1160. The van der Waals surface area contributed by atoms with Gasteiger partial charge in [0.15, 0.2) is 0 Å². The number of methoxy groups -OCH3 is 2. The minimum absolute atomic E-state index is 0.0855. The van der Waals surface area contributed by atoms with Crippen LogP contribution in [0.4, 0.5) is 11.4 Å². The SMILES string of the molecule is COc1ccc(N2CC(=O)N(c3ccc(C)c(C)c3)C(c3ccccc3)C2=O)c(OC)c1. The summed E-state index contributed by atoms with van der Waals surface area (Å²) >= 11 is 0. The van der Waals surface area contributed by atoms with E-state index in [0.717, 1.165) is 16.7 Å². The van der Waals surface area contributed by atoms with Gasteiger partial charge < -0.3 is 9.47 Å². The molecule has 0 radical (unpaired) electrons. The quantitative estimate of drug-likeness (QED) is 0.600. The van der Waals surface area contributed by atoms with Crippen molar-refractivity contribution in [1.82, 2.24) is 0 Å². The molecule has 3 aromatic carbocycles. The van der Waals surface area contributed by atoms with E-state index in [1.807, 2.05) is 62.4 Å². The van der Waals surface area contributed by atoms with E-state index in [4.69, 9.17) is 9.47 Å². The third-order valence-corrected chi connectivity index (χ3v) is 5.88. The lowest BCUT2D eigenvalue weighted by atomic mass is 9.98. The highest BCUT2D eigenvalue weighted by Gasteiger charge is 2.42. The van der Waals surface area contributed by atoms with Gasteiger partial charge in [-0.1, -0.05) is 36.4 Å². The maximum Gasteiger partial charge on any atom is 0.255 e. The maximum absolute atomic E-state index is 13.9. The minimum atomic E-state index is -0.786. The monoisotopic (exact) mass is 430 g/mol. The molecule has 0 saturated carbocycles. The van der Waals surface area contributed by atoms with Gasteiger partial charge in [0, 0.05) is 11.8 Å². The second kappa shape index (κ2) is 8.75. The Morgan fingerprint density at radius 3 is 2.25 bits per heavy atom. The van der Waals surface area contributed by atoms with E-state index >= 15 is 0 Å². The van der Waals surface area contributed by atoms with Gasteiger partial charge in [-0.15, -0.1) is 0 Å². The molecule has 6 nitrogen and oxygen atoms in total. The van der Waals surface area contributed by atoms with Crippen LogP contribution in [-0.2, 0) is 9.59 Å². The van der Waals surface area contributed by atoms with Crippen molar-refractivity contribution in [2.75, 3.05) is 30.6 Å². The van der Waals surface area contributed by atoms with Crippen molar-refractivity contribution in [3.63, 3.8) is 0 Å². The summed E-state index contributed by atoms with van der Waals surface area (Å²) in [4.78, 5) is 30.5. The molecule has 2 amide bonds.